The first-order valence-corrected chi connectivity index (χ1v) is 19.7. The summed E-state index contributed by atoms with van der Waals surface area (Å²) in [5.41, 5.74) is 20.9. The maximum absolute atomic E-state index is 5.05. The van der Waals surface area contributed by atoms with Crippen LogP contribution < -0.4 is 16.4 Å². The topological polar surface area (TPSA) is 40.6 Å². The molecular formula is C51H30BN5. The van der Waals surface area contributed by atoms with Crippen LogP contribution in [0.1, 0.15) is 22.7 Å². The molecule has 0 radical (unpaired) electrons. The van der Waals surface area contributed by atoms with Crippen molar-refractivity contribution in [3.05, 3.63) is 193 Å². The molecule has 7 heterocycles. The highest BCUT2D eigenvalue weighted by Gasteiger charge is 2.45. The van der Waals surface area contributed by atoms with Gasteiger partial charge in [-0.3, -0.25) is 14.1 Å². The summed E-state index contributed by atoms with van der Waals surface area (Å²) in [5.74, 6) is 0.0795. The zero-order valence-corrected chi connectivity index (χ0v) is 30.6. The van der Waals surface area contributed by atoms with Crippen LogP contribution in [0.4, 0.5) is 0 Å². The minimum absolute atomic E-state index is 0.0363. The maximum atomic E-state index is 5.05. The van der Waals surface area contributed by atoms with Gasteiger partial charge in [-0.25, -0.2) is 4.98 Å². The van der Waals surface area contributed by atoms with Gasteiger partial charge in [-0.2, -0.15) is 0 Å². The molecule has 0 saturated carbocycles. The van der Waals surface area contributed by atoms with E-state index in [4.69, 9.17) is 9.97 Å². The van der Waals surface area contributed by atoms with Gasteiger partial charge in [0, 0.05) is 73.3 Å². The minimum Gasteiger partial charge on any atom is -0.313 e. The molecule has 0 amide bonds. The fraction of sp³-hybridized carbons (Fsp3) is 0.0196. The quantitative estimate of drug-likeness (QED) is 0.171. The molecule has 0 bridgehead atoms. The van der Waals surface area contributed by atoms with Crippen molar-refractivity contribution >= 4 is 67.0 Å². The predicted molar refractivity (Wildman–Crippen MR) is 233 cm³/mol. The van der Waals surface area contributed by atoms with E-state index in [1.54, 1.807) is 0 Å². The van der Waals surface area contributed by atoms with Crippen LogP contribution in [0.5, 0.6) is 0 Å². The molecule has 1 atom stereocenters. The fourth-order valence-corrected chi connectivity index (χ4v) is 11.0. The molecule has 6 heteroatoms. The number of hydrogen-bond donors (Lipinski definition) is 0. The predicted octanol–water partition coefficient (Wildman–Crippen LogP) is 9.43. The van der Waals surface area contributed by atoms with E-state index in [-0.39, 0.29) is 12.6 Å². The molecule has 11 aromatic rings. The van der Waals surface area contributed by atoms with E-state index in [1.165, 1.54) is 82.9 Å². The summed E-state index contributed by atoms with van der Waals surface area (Å²) in [6, 6.07) is 60.3. The first-order valence-electron chi connectivity index (χ1n) is 19.7. The Bertz CT molecular complexity index is 3520. The van der Waals surface area contributed by atoms with Crippen LogP contribution in [0.15, 0.2) is 176 Å². The first-order chi connectivity index (χ1) is 28.3. The van der Waals surface area contributed by atoms with Crippen molar-refractivity contribution in [1.82, 2.24) is 23.7 Å². The van der Waals surface area contributed by atoms with E-state index in [1.807, 2.05) is 18.5 Å². The Morgan fingerprint density at radius 1 is 0.526 bits per heavy atom. The molecule has 14 rings (SSSR count). The second-order valence-corrected chi connectivity index (χ2v) is 15.7. The Labute approximate surface area is 327 Å². The molecule has 2 aliphatic heterocycles. The third-order valence-electron chi connectivity index (χ3n) is 13.0. The van der Waals surface area contributed by atoms with Gasteiger partial charge in [0.1, 0.15) is 11.3 Å². The molecule has 0 fully saturated rings. The molecule has 3 aliphatic rings. The average Bonchev–Trinajstić information content (AvgIpc) is 4.00. The largest absolute Gasteiger partial charge is 0.313 e. The van der Waals surface area contributed by atoms with Crippen molar-refractivity contribution in [3.63, 3.8) is 0 Å². The highest BCUT2D eigenvalue weighted by atomic mass is 15.2. The van der Waals surface area contributed by atoms with Crippen molar-refractivity contribution < 1.29 is 0 Å². The van der Waals surface area contributed by atoms with Crippen molar-refractivity contribution in [3.8, 4) is 39.4 Å². The summed E-state index contributed by atoms with van der Waals surface area (Å²) in [5, 5.41) is 4.95. The number of pyridine rings is 2. The number of aromatic nitrogens is 5. The van der Waals surface area contributed by atoms with Gasteiger partial charge in [0.15, 0.2) is 0 Å². The van der Waals surface area contributed by atoms with Crippen molar-refractivity contribution in [2.24, 2.45) is 0 Å². The summed E-state index contributed by atoms with van der Waals surface area (Å²) in [4.78, 5) is 10.0. The van der Waals surface area contributed by atoms with Gasteiger partial charge >= 0.3 is 0 Å². The zero-order chi connectivity index (χ0) is 36.9. The van der Waals surface area contributed by atoms with E-state index in [2.05, 4.69) is 171 Å². The third-order valence-corrected chi connectivity index (χ3v) is 13.0. The third kappa shape index (κ3) is 3.62. The number of benzene rings is 6. The molecule has 1 aliphatic carbocycles. The molecule has 262 valence electrons. The van der Waals surface area contributed by atoms with Gasteiger partial charge in [0.05, 0.1) is 17.1 Å². The number of hydrogen-bond acceptors (Lipinski definition) is 2. The van der Waals surface area contributed by atoms with Crippen molar-refractivity contribution in [2.45, 2.75) is 5.92 Å². The summed E-state index contributed by atoms with van der Waals surface area (Å²) >= 11 is 0. The number of nitrogens with zero attached hydrogens (tertiary/aromatic N) is 5. The summed E-state index contributed by atoms with van der Waals surface area (Å²) < 4.78 is 7.59. The zero-order valence-electron chi connectivity index (χ0n) is 30.6. The lowest BCUT2D eigenvalue weighted by Gasteiger charge is -2.35. The summed E-state index contributed by atoms with van der Waals surface area (Å²) in [6.45, 7) is 0.0363. The van der Waals surface area contributed by atoms with Gasteiger partial charge in [0.2, 0.25) is 0 Å². The lowest BCUT2D eigenvalue weighted by molar-refractivity contribution is 0.904. The van der Waals surface area contributed by atoms with Gasteiger partial charge in [-0.05, 0) is 81.6 Å². The van der Waals surface area contributed by atoms with Gasteiger partial charge in [0.25, 0.3) is 6.71 Å². The average molecular weight is 724 g/mol. The monoisotopic (exact) mass is 723 g/mol. The van der Waals surface area contributed by atoms with Crippen LogP contribution in [0.25, 0.3) is 83.3 Å². The lowest BCUT2D eigenvalue weighted by atomic mass is 9.34. The Morgan fingerprint density at radius 3 is 2.02 bits per heavy atom. The van der Waals surface area contributed by atoms with Crippen LogP contribution in [-0.2, 0) is 0 Å². The minimum atomic E-state index is 0.0363. The molecule has 0 N–H and O–H groups in total. The summed E-state index contributed by atoms with van der Waals surface area (Å²) in [6.07, 6.45) is 3.83. The second kappa shape index (κ2) is 10.7. The molecule has 57 heavy (non-hydrogen) atoms. The van der Waals surface area contributed by atoms with Gasteiger partial charge in [-0.1, -0.05) is 115 Å². The Kier molecular flexibility index (Phi) is 5.58. The Balaban J connectivity index is 1.20. The van der Waals surface area contributed by atoms with Gasteiger partial charge in [-0.15, -0.1) is 0 Å². The summed E-state index contributed by atoms with van der Waals surface area (Å²) in [7, 11) is 0. The number of rotatable bonds is 3. The molecule has 0 spiro atoms. The highest BCUT2D eigenvalue weighted by Crippen LogP contribution is 2.54. The van der Waals surface area contributed by atoms with E-state index in [9.17, 15) is 0 Å². The number of para-hydroxylation sites is 3. The molecule has 6 aromatic carbocycles. The van der Waals surface area contributed by atoms with Crippen molar-refractivity contribution in [1.29, 1.82) is 0 Å². The van der Waals surface area contributed by atoms with Crippen LogP contribution in [0.3, 0.4) is 0 Å². The van der Waals surface area contributed by atoms with Crippen molar-refractivity contribution in [2.75, 3.05) is 0 Å². The normalized spacial score (nSPS) is 14.5. The smallest absolute Gasteiger partial charge is 0.252 e. The molecular weight excluding hydrogens is 693 g/mol. The first kappa shape index (κ1) is 29.9. The molecule has 5 nitrogen and oxygen atoms in total. The Morgan fingerprint density at radius 2 is 1.21 bits per heavy atom. The Hall–Kier alpha value is -7.44. The maximum Gasteiger partial charge on any atom is 0.252 e. The molecule has 0 saturated heterocycles. The molecule has 1 unspecified atom stereocenters. The molecule has 5 aromatic heterocycles. The SMILES string of the molecule is c1ccc(C2c3ccccc3-c3c2n2c4c(cccc34)B3c4c-2cc(-c2ccccn2)cc4-n2c4c3cccc4c3c4cccnc4n(-c4ccccc4)c32)cc1. The van der Waals surface area contributed by atoms with Gasteiger partial charge < -0.3 is 4.57 Å². The van der Waals surface area contributed by atoms with E-state index in [0.29, 0.717) is 0 Å². The number of fused-ring (bicyclic) bond motifs is 14. The van der Waals surface area contributed by atoms with Crippen LogP contribution in [-0.4, -0.2) is 30.4 Å². The highest BCUT2D eigenvalue weighted by molar-refractivity contribution is 7.00. The van der Waals surface area contributed by atoms with Crippen LogP contribution in [0.2, 0.25) is 0 Å². The van der Waals surface area contributed by atoms with Crippen LogP contribution >= 0.6 is 0 Å². The van der Waals surface area contributed by atoms with E-state index < -0.39 is 0 Å². The van der Waals surface area contributed by atoms with Crippen LogP contribution in [0, 0.1) is 0 Å². The fourth-order valence-electron chi connectivity index (χ4n) is 11.0. The second-order valence-electron chi connectivity index (χ2n) is 15.7. The van der Waals surface area contributed by atoms with E-state index >= 15 is 0 Å². The standard InChI is InChI=1S/C51H30BN5/c1-3-14-30(15-4-1)43-33-18-7-8-19-34(33)44-35-20-11-23-38-47(35)56(49(43)44)41-28-31(40-25-9-10-26-53-40)29-42-46(41)52(38)39-24-12-21-36-45-37-22-13-27-54-50(37)55(32-16-5-2-6-17-32)51(45)57(42)48(36)39/h1-29,43H. The lowest BCUT2D eigenvalue weighted by Crippen LogP contribution is -2.59. The van der Waals surface area contributed by atoms with E-state index in [0.717, 1.165) is 33.6 Å².